The zero-order valence-electron chi connectivity index (χ0n) is 17.5. The first kappa shape index (κ1) is 20.4. The fourth-order valence-electron chi connectivity index (χ4n) is 3.59. The van der Waals surface area contributed by atoms with E-state index in [0.29, 0.717) is 6.54 Å². The molecule has 30 heavy (non-hydrogen) atoms. The Hall–Kier alpha value is -2.85. The third kappa shape index (κ3) is 4.65. The van der Waals surface area contributed by atoms with Gasteiger partial charge in [-0.2, -0.15) is 0 Å². The Morgan fingerprint density at radius 2 is 1.70 bits per heavy atom. The molecule has 0 saturated carbocycles. The van der Waals surface area contributed by atoms with Gasteiger partial charge in [0.05, 0.1) is 6.54 Å². The van der Waals surface area contributed by atoms with Crippen molar-refractivity contribution in [2.75, 3.05) is 23.7 Å². The third-order valence-corrected chi connectivity index (χ3v) is 6.38. The lowest BCUT2D eigenvalue weighted by atomic mass is 10.0. The quantitative estimate of drug-likeness (QED) is 0.469. The largest absolute Gasteiger partial charge is 0.313 e. The molecule has 152 valence electrons. The molecule has 0 fully saturated rings. The van der Waals surface area contributed by atoms with Crippen molar-refractivity contribution in [3.63, 3.8) is 0 Å². The van der Waals surface area contributed by atoms with Crippen LogP contribution in [0.4, 0.5) is 5.69 Å². The number of Topliss-reactive ketones (excluding diaryl/α,β-unsaturated/α-hetero) is 1. The van der Waals surface area contributed by atoms with Crippen molar-refractivity contribution >= 4 is 28.4 Å². The number of ketones is 1. The number of aliphatic imine (C=N–C) groups is 1. The van der Waals surface area contributed by atoms with Crippen LogP contribution in [0, 0.1) is 13.8 Å². The van der Waals surface area contributed by atoms with Crippen molar-refractivity contribution < 1.29 is 4.79 Å². The highest BCUT2D eigenvalue weighted by Gasteiger charge is 2.22. The summed E-state index contributed by atoms with van der Waals surface area (Å²) in [5, 5.41) is 0.948. The molecule has 3 aromatic rings. The fourth-order valence-corrected chi connectivity index (χ4v) is 4.55. The first-order valence-corrected chi connectivity index (χ1v) is 11.3. The van der Waals surface area contributed by atoms with Crippen molar-refractivity contribution in [1.82, 2.24) is 0 Å². The van der Waals surface area contributed by atoms with Gasteiger partial charge in [0.1, 0.15) is 0 Å². The van der Waals surface area contributed by atoms with Crippen molar-refractivity contribution in [1.29, 1.82) is 0 Å². The zero-order valence-corrected chi connectivity index (χ0v) is 18.3. The van der Waals surface area contributed by atoms with E-state index in [2.05, 4.69) is 49.1 Å². The van der Waals surface area contributed by atoms with Crippen LogP contribution >= 0.6 is 11.8 Å². The van der Waals surface area contributed by atoms with Gasteiger partial charge in [-0.1, -0.05) is 78.5 Å². The minimum atomic E-state index is 0.101. The normalized spacial score (nSPS) is 13.6. The van der Waals surface area contributed by atoms with Crippen LogP contribution in [-0.2, 0) is 0 Å². The van der Waals surface area contributed by atoms with E-state index in [0.717, 1.165) is 51.8 Å². The van der Waals surface area contributed by atoms with Gasteiger partial charge in [-0.05, 0) is 48.6 Å². The van der Waals surface area contributed by atoms with Gasteiger partial charge in [0, 0.05) is 23.5 Å². The molecule has 3 aromatic carbocycles. The standard InChI is InChI=1S/C26H26N2OS/c1-19-9-10-20(2)24(17-19)28(26-27-15-6-16-30-26)18-25(29)23-13-11-22(12-14-23)21-7-4-3-5-8-21/h3-5,7-14,17H,6,15-16,18H2,1-2H3. The molecule has 0 N–H and O–H groups in total. The van der Waals surface area contributed by atoms with Crippen molar-refractivity contribution in [2.45, 2.75) is 20.3 Å². The lowest BCUT2D eigenvalue weighted by Crippen LogP contribution is -2.36. The summed E-state index contributed by atoms with van der Waals surface area (Å²) < 4.78 is 0. The molecule has 0 aliphatic carbocycles. The Morgan fingerprint density at radius 3 is 2.40 bits per heavy atom. The van der Waals surface area contributed by atoms with Gasteiger partial charge < -0.3 is 4.90 Å². The van der Waals surface area contributed by atoms with Gasteiger partial charge in [-0.3, -0.25) is 9.79 Å². The molecule has 0 radical (unpaired) electrons. The lowest BCUT2D eigenvalue weighted by Gasteiger charge is -2.28. The molecule has 0 bridgehead atoms. The SMILES string of the molecule is Cc1ccc(C)c(N(CC(=O)c2ccc(-c3ccccc3)cc2)C2=NCCCS2)c1. The van der Waals surface area contributed by atoms with Crippen molar-refractivity contribution in [3.8, 4) is 11.1 Å². The predicted molar refractivity (Wildman–Crippen MR) is 129 cm³/mol. The van der Waals surface area contributed by atoms with Crippen LogP contribution in [0.1, 0.15) is 27.9 Å². The molecule has 4 rings (SSSR count). The summed E-state index contributed by atoms with van der Waals surface area (Å²) in [7, 11) is 0. The van der Waals surface area contributed by atoms with Crippen molar-refractivity contribution in [3.05, 3.63) is 89.5 Å². The number of amidine groups is 1. The molecule has 3 nitrogen and oxygen atoms in total. The van der Waals surface area contributed by atoms with E-state index in [-0.39, 0.29) is 5.78 Å². The number of carbonyl (C=O) groups is 1. The monoisotopic (exact) mass is 414 g/mol. The molecular formula is C26H26N2OS. The van der Waals surface area contributed by atoms with Crippen molar-refractivity contribution in [2.24, 2.45) is 4.99 Å². The smallest absolute Gasteiger partial charge is 0.182 e. The molecule has 0 amide bonds. The molecule has 1 heterocycles. The van der Waals surface area contributed by atoms with E-state index in [9.17, 15) is 4.79 Å². The average molecular weight is 415 g/mol. The molecule has 0 spiro atoms. The van der Waals surface area contributed by atoms with Crippen LogP contribution in [0.2, 0.25) is 0 Å². The van der Waals surface area contributed by atoms with Crippen LogP contribution in [0.3, 0.4) is 0 Å². The molecule has 0 atom stereocenters. The molecular weight excluding hydrogens is 388 g/mol. The van der Waals surface area contributed by atoms with Gasteiger partial charge in [0.15, 0.2) is 11.0 Å². The number of hydrogen-bond acceptors (Lipinski definition) is 4. The molecule has 1 aliphatic heterocycles. The van der Waals surface area contributed by atoms with Crippen LogP contribution in [0.5, 0.6) is 0 Å². The van der Waals surface area contributed by atoms with E-state index in [4.69, 9.17) is 4.99 Å². The molecule has 0 unspecified atom stereocenters. The second-order valence-electron chi connectivity index (χ2n) is 7.61. The summed E-state index contributed by atoms with van der Waals surface area (Å²) in [5.74, 6) is 1.14. The summed E-state index contributed by atoms with van der Waals surface area (Å²) in [6.07, 6.45) is 1.09. The Bertz CT molecular complexity index is 1060. The Balaban J connectivity index is 1.60. The first-order chi connectivity index (χ1) is 14.6. The van der Waals surface area contributed by atoms with Crippen LogP contribution in [0.25, 0.3) is 11.1 Å². The van der Waals surface area contributed by atoms with E-state index >= 15 is 0 Å². The van der Waals surface area contributed by atoms with E-state index in [1.165, 1.54) is 5.56 Å². The summed E-state index contributed by atoms with van der Waals surface area (Å²) >= 11 is 1.74. The highest BCUT2D eigenvalue weighted by Crippen LogP contribution is 2.27. The lowest BCUT2D eigenvalue weighted by molar-refractivity contribution is 0.100. The Morgan fingerprint density at radius 1 is 0.967 bits per heavy atom. The van der Waals surface area contributed by atoms with E-state index in [1.54, 1.807) is 11.8 Å². The molecule has 0 aromatic heterocycles. The summed E-state index contributed by atoms with van der Waals surface area (Å²) in [4.78, 5) is 20.0. The second kappa shape index (κ2) is 9.31. The summed E-state index contributed by atoms with van der Waals surface area (Å²) in [6, 6.07) is 24.5. The number of nitrogens with zero attached hydrogens (tertiary/aromatic N) is 2. The van der Waals surface area contributed by atoms with E-state index in [1.807, 2.05) is 42.5 Å². The Labute approximate surface area is 182 Å². The van der Waals surface area contributed by atoms with Gasteiger partial charge >= 0.3 is 0 Å². The number of hydrogen-bond donors (Lipinski definition) is 0. The second-order valence-corrected chi connectivity index (χ2v) is 8.67. The van der Waals surface area contributed by atoms with Gasteiger partial charge in [0.2, 0.25) is 0 Å². The highest BCUT2D eigenvalue weighted by atomic mass is 32.2. The minimum Gasteiger partial charge on any atom is -0.313 e. The number of thioether (sulfide) groups is 1. The van der Waals surface area contributed by atoms with Gasteiger partial charge in [-0.15, -0.1) is 0 Å². The van der Waals surface area contributed by atoms with Crippen LogP contribution in [0.15, 0.2) is 77.8 Å². The maximum atomic E-state index is 13.2. The highest BCUT2D eigenvalue weighted by molar-refractivity contribution is 8.14. The van der Waals surface area contributed by atoms with Gasteiger partial charge in [-0.25, -0.2) is 0 Å². The minimum absolute atomic E-state index is 0.101. The average Bonchev–Trinajstić information content (AvgIpc) is 2.80. The van der Waals surface area contributed by atoms with E-state index < -0.39 is 0 Å². The maximum Gasteiger partial charge on any atom is 0.182 e. The topological polar surface area (TPSA) is 32.7 Å². The van der Waals surface area contributed by atoms with Crippen LogP contribution in [-0.4, -0.2) is 29.8 Å². The van der Waals surface area contributed by atoms with Gasteiger partial charge in [0.25, 0.3) is 0 Å². The fraction of sp³-hybridized carbons (Fsp3) is 0.231. The third-order valence-electron chi connectivity index (χ3n) is 5.28. The predicted octanol–water partition coefficient (Wildman–Crippen LogP) is 6.15. The Kier molecular flexibility index (Phi) is 6.34. The van der Waals surface area contributed by atoms with Crippen LogP contribution < -0.4 is 4.90 Å². The summed E-state index contributed by atoms with van der Waals surface area (Å²) in [5.41, 5.74) is 6.40. The number of rotatable bonds is 5. The number of aryl methyl sites for hydroxylation is 2. The number of anilines is 1. The maximum absolute atomic E-state index is 13.2. The zero-order chi connectivity index (χ0) is 20.9. The first-order valence-electron chi connectivity index (χ1n) is 10.3. The summed E-state index contributed by atoms with van der Waals surface area (Å²) in [6.45, 7) is 5.29. The number of carbonyl (C=O) groups excluding carboxylic acids is 1. The molecule has 1 aliphatic rings. The molecule has 4 heteroatoms. The molecule has 0 saturated heterocycles. The number of benzene rings is 3.